The van der Waals surface area contributed by atoms with Crippen LogP contribution in [0.3, 0.4) is 0 Å². The molecule has 3 nitrogen and oxygen atoms in total. The van der Waals surface area contributed by atoms with Gasteiger partial charge in [-0.25, -0.2) is 4.39 Å². The van der Waals surface area contributed by atoms with Crippen molar-refractivity contribution in [3.63, 3.8) is 0 Å². The molecule has 0 saturated carbocycles. The summed E-state index contributed by atoms with van der Waals surface area (Å²) in [5.74, 6) is -0.467. The van der Waals surface area contributed by atoms with Crippen molar-refractivity contribution >= 4 is 39.9 Å². The molecule has 1 aromatic rings. The van der Waals surface area contributed by atoms with Crippen molar-refractivity contribution in [2.75, 3.05) is 11.9 Å². The number of benzene rings is 1. The van der Waals surface area contributed by atoms with Gasteiger partial charge in [0.2, 0.25) is 5.91 Å². The highest BCUT2D eigenvalue weighted by molar-refractivity contribution is 9.10. The van der Waals surface area contributed by atoms with Gasteiger partial charge in [0, 0.05) is 5.69 Å². The average Bonchev–Trinajstić information content (AvgIpc) is 2.35. The molecule has 18 heavy (non-hydrogen) atoms. The van der Waals surface area contributed by atoms with E-state index in [1.165, 1.54) is 6.07 Å². The zero-order valence-electron chi connectivity index (χ0n) is 9.71. The molecule has 0 aromatic heterocycles. The minimum Gasteiger partial charge on any atom is -0.325 e. The van der Waals surface area contributed by atoms with E-state index < -0.39 is 0 Å². The molecule has 1 saturated heterocycles. The maximum Gasteiger partial charge on any atom is 0.241 e. The first-order valence-corrected chi connectivity index (χ1v) is 6.45. The van der Waals surface area contributed by atoms with Gasteiger partial charge in [-0.05, 0) is 53.5 Å². The number of halogens is 3. The Morgan fingerprint density at radius 1 is 1.44 bits per heavy atom. The predicted molar refractivity (Wildman–Crippen MR) is 75.6 cm³/mol. The van der Waals surface area contributed by atoms with Crippen molar-refractivity contribution in [3.05, 3.63) is 28.5 Å². The van der Waals surface area contributed by atoms with Crippen molar-refractivity contribution in [2.24, 2.45) is 0 Å². The van der Waals surface area contributed by atoms with E-state index >= 15 is 0 Å². The smallest absolute Gasteiger partial charge is 0.241 e. The number of rotatable bonds is 2. The number of amides is 1. The highest BCUT2D eigenvalue weighted by Crippen LogP contribution is 2.19. The Hall–Kier alpha value is -0.650. The van der Waals surface area contributed by atoms with Gasteiger partial charge < -0.3 is 10.6 Å². The van der Waals surface area contributed by atoms with E-state index in [0.717, 1.165) is 25.8 Å². The largest absolute Gasteiger partial charge is 0.325 e. The Balaban J connectivity index is 0.00000162. The number of hydrogen-bond acceptors (Lipinski definition) is 2. The summed E-state index contributed by atoms with van der Waals surface area (Å²) in [7, 11) is 0. The summed E-state index contributed by atoms with van der Waals surface area (Å²) < 4.78 is 13.7. The maximum atomic E-state index is 13.3. The Morgan fingerprint density at radius 3 is 2.83 bits per heavy atom. The lowest BCUT2D eigenvalue weighted by Crippen LogP contribution is -2.43. The molecule has 1 aromatic carbocycles. The molecule has 100 valence electrons. The average molecular weight is 338 g/mol. The summed E-state index contributed by atoms with van der Waals surface area (Å²) in [5.41, 5.74) is 0.489. The molecule has 2 N–H and O–H groups in total. The van der Waals surface area contributed by atoms with Crippen molar-refractivity contribution in [1.82, 2.24) is 5.32 Å². The first-order chi connectivity index (χ1) is 8.16. The second-order valence-corrected chi connectivity index (χ2v) is 4.97. The van der Waals surface area contributed by atoms with Gasteiger partial charge in [0.1, 0.15) is 5.82 Å². The van der Waals surface area contributed by atoms with E-state index in [0.29, 0.717) is 10.2 Å². The predicted octanol–water partition coefficient (Wildman–Crippen LogP) is 3.09. The van der Waals surface area contributed by atoms with Gasteiger partial charge in [-0.15, -0.1) is 12.4 Å². The molecule has 6 heteroatoms. The number of carbonyl (C=O) groups excluding carboxylic acids is 1. The number of nitrogens with one attached hydrogen (secondary N) is 2. The Kier molecular flexibility index (Phi) is 6.05. The molecule has 0 spiro atoms. The van der Waals surface area contributed by atoms with Crippen LogP contribution in [0.4, 0.5) is 10.1 Å². The third-order valence-corrected chi connectivity index (χ3v) is 3.46. The molecule has 1 amide bonds. The lowest BCUT2D eigenvalue weighted by atomic mass is 10.0. The van der Waals surface area contributed by atoms with Crippen LogP contribution in [0.5, 0.6) is 0 Å². The molecule has 0 aliphatic carbocycles. The Morgan fingerprint density at radius 2 is 2.22 bits per heavy atom. The number of carbonyl (C=O) groups is 1. The quantitative estimate of drug-likeness (QED) is 0.871. The molecular weight excluding hydrogens is 323 g/mol. The third kappa shape index (κ3) is 3.93. The molecule has 1 aliphatic rings. The van der Waals surface area contributed by atoms with Gasteiger partial charge >= 0.3 is 0 Å². The van der Waals surface area contributed by atoms with Gasteiger partial charge in [-0.3, -0.25) is 4.79 Å². The van der Waals surface area contributed by atoms with Crippen LogP contribution in [0.1, 0.15) is 19.3 Å². The lowest BCUT2D eigenvalue weighted by molar-refractivity contribution is -0.118. The van der Waals surface area contributed by atoms with Gasteiger partial charge in [0.15, 0.2) is 0 Å². The zero-order chi connectivity index (χ0) is 12.3. The summed E-state index contributed by atoms with van der Waals surface area (Å²) in [4.78, 5) is 11.9. The summed E-state index contributed by atoms with van der Waals surface area (Å²) in [5, 5.41) is 5.87. The summed E-state index contributed by atoms with van der Waals surface area (Å²) in [6.07, 6.45) is 3.00. The SMILES string of the molecule is Cl.O=C(Nc1ccc(Br)c(F)c1)[C@H]1CCCCN1. The molecule has 0 bridgehead atoms. The van der Waals surface area contributed by atoms with E-state index in [4.69, 9.17) is 0 Å². The fourth-order valence-electron chi connectivity index (χ4n) is 1.88. The normalized spacial score (nSPS) is 18.9. The second-order valence-electron chi connectivity index (χ2n) is 4.12. The van der Waals surface area contributed by atoms with Crippen molar-refractivity contribution in [1.29, 1.82) is 0 Å². The van der Waals surface area contributed by atoms with Crippen LogP contribution in [-0.2, 0) is 4.79 Å². The van der Waals surface area contributed by atoms with Crippen LogP contribution < -0.4 is 10.6 Å². The monoisotopic (exact) mass is 336 g/mol. The third-order valence-electron chi connectivity index (χ3n) is 2.81. The molecule has 1 aliphatic heterocycles. The van der Waals surface area contributed by atoms with E-state index in [1.807, 2.05) is 0 Å². The zero-order valence-corrected chi connectivity index (χ0v) is 12.1. The highest BCUT2D eigenvalue weighted by atomic mass is 79.9. The molecular formula is C12H15BrClFN2O. The van der Waals surface area contributed by atoms with Crippen LogP contribution in [0, 0.1) is 5.82 Å². The first kappa shape index (κ1) is 15.4. The van der Waals surface area contributed by atoms with E-state index in [9.17, 15) is 9.18 Å². The summed E-state index contributed by atoms with van der Waals surface area (Å²) in [6, 6.07) is 4.41. The fourth-order valence-corrected chi connectivity index (χ4v) is 2.13. The lowest BCUT2D eigenvalue weighted by Gasteiger charge is -2.22. The first-order valence-electron chi connectivity index (χ1n) is 5.66. The van der Waals surface area contributed by atoms with E-state index in [-0.39, 0.29) is 30.2 Å². The highest BCUT2D eigenvalue weighted by Gasteiger charge is 2.20. The van der Waals surface area contributed by atoms with Crippen LogP contribution in [0.25, 0.3) is 0 Å². The molecule has 0 radical (unpaired) electrons. The van der Waals surface area contributed by atoms with E-state index in [1.54, 1.807) is 12.1 Å². The number of anilines is 1. The van der Waals surface area contributed by atoms with E-state index in [2.05, 4.69) is 26.6 Å². The molecule has 1 atom stereocenters. The van der Waals surface area contributed by atoms with Crippen molar-refractivity contribution < 1.29 is 9.18 Å². The topological polar surface area (TPSA) is 41.1 Å². The van der Waals surface area contributed by atoms with Gasteiger partial charge in [-0.2, -0.15) is 0 Å². The summed E-state index contributed by atoms with van der Waals surface area (Å²) >= 11 is 3.07. The molecule has 2 rings (SSSR count). The van der Waals surface area contributed by atoms with Gasteiger partial charge in [0.05, 0.1) is 10.5 Å². The summed E-state index contributed by atoms with van der Waals surface area (Å²) in [6.45, 7) is 0.868. The van der Waals surface area contributed by atoms with Crippen LogP contribution >= 0.6 is 28.3 Å². The van der Waals surface area contributed by atoms with Crippen LogP contribution in [0.2, 0.25) is 0 Å². The number of hydrogen-bond donors (Lipinski definition) is 2. The van der Waals surface area contributed by atoms with Crippen molar-refractivity contribution in [3.8, 4) is 0 Å². The molecule has 0 unspecified atom stereocenters. The Bertz CT molecular complexity index is 425. The Labute approximate surface area is 120 Å². The van der Waals surface area contributed by atoms with Crippen molar-refractivity contribution in [2.45, 2.75) is 25.3 Å². The van der Waals surface area contributed by atoms with Crippen LogP contribution in [-0.4, -0.2) is 18.5 Å². The fraction of sp³-hybridized carbons (Fsp3) is 0.417. The standard InChI is InChI=1S/C12H14BrFN2O.ClH/c13-9-5-4-8(7-10(9)14)16-12(17)11-3-1-2-6-15-11;/h4-5,7,11,15H,1-3,6H2,(H,16,17);1H/t11-;/m1./s1. The molecule has 1 fully saturated rings. The molecule has 1 heterocycles. The van der Waals surface area contributed by atoms with Gasteiger partial charge in [-0.1, -0.05) is 6.42 Å². The number of piperidine rings is 1. The van der Waals surface area contributed by atoms with Gasteiger partial charge in [0.25, 0.3) is 0 Å². The second kappa shape index (κ2) is 7.07. The van der Waals surface area contributed by atoms with Crippen LogP contribution in [0.15, 0.2) is 22.7 Å². The minimum atomic E-state index is -0.376. The minimum absolute atomic E-state index is 0. The maximum absolute atomic E-state index is 13.3.